The lowest BCUT2D eigenvalue weighted by Crippen LogP contribution is -2.48. The molecule has 1 fully saturated rings. The van der Waals surface area contributed by atoms with Gasteiger partial charge >= 0.3 is 6.03 Å². The molecule has 2 aromatic rings. The summed E-state index contributed by atoms with van der Waals surface area (Å²) < 4.78 is 5.35. The number of hydrogen-bond donors (Lipinski definition) is 3. The van der Waals surface area contributed by atoms with Crippen LogP contribution in [0.3, 0.4) is 0 Å². The zero-order valence-corrected chi connectivity index (χ0v) is 20.7. The van der Waals surface area contributed by atoms with Gasteiger partial charge in [0.2, 0.25) is 11.8 Å². The molecule has 1 aromatic heterocycles. The summed E-state index contributed by atoms with van der Waals surface area (Å²) in [6, 6.07) is 5.56. The Hall–Kier alpha value is -3.62. The molecular formula is C26H33N5O4. The van der Waals surface area contributed by atoms with Gasteiger partial charge < -0.3 is 25.6 Å². The summed E-state index contributed by atoms with van der Waals surface area (Å²) in [7, 11) is 1.62. The molecule has 9 heteroatoms. The van der Waals surface area contributed by atoms with Crippen molar-refractivity contribution >= 4 is 29.2 Å². The van der Waals surface area contributed by atoms with E-state index in [1.54, 1.807) is 13.3 Å². The van der Waals surface area contributed by atoms with E-state index in [1.165, 1.54) is 6.92 Å². The van der Waals surface area contributed by atoms with Gasteiger partial charge in [-0.15, -0.1) is 0 Å². The van der Waals surface area contributed by atoms with Gasteiger partial charge in [-0.05, 0) is 56.7 Å². The van der Waals surface area contributed by atoms with Crippen LogP contribution in [0.5, 0.6) is 5.75 Å². The van der Waals surface area contributed by atoms with Gasteiger partial charge in [0.1, 0.15) is 5.75 Å². The number of carbonyl (C=O) groups excluding carboxylic acids is 3. The van der Waals surface area contributed by atoms with E-state index in [4.69, 9.17) is 4.74 Å². The molecule has 4 rings (SSSR count). The first-order valence-corrected chi connectivity index (χ1v) is 12.0. The van der Waals surface area contributed by atoms with Crippen LogP contribution in [-0.2, 0) is 22.7 Å². The molecule has 9 nitrogen and oxygen atoms in total. The molecule has 3 N–H and O–H groups in total. The van der Waals surface area contributed by atoms with Crippen molar-refractivity contribution in [3.05, 3.63) is 46.8 Å². The largest absolute Gasteiger partial charge is 0.496 e. The number of aryl methyl sites for hydroxylation is 2. The third kappa shape index (κ3) is 5.39. The molecule has 0 atom stereocenters. The highest BCUT2D eigenvalue weighted by Crippen LogP contribution is 2.35. The molecule has 0 spiro atoms. The molecule has 1 saturated carbocycles. The van der Waals surface area contributed by atoms with Crippen LogP contribution in [0.1, 0.15) is 55.0 Å². The Morgan fingerprint density at radius 3 is 2.60 bits per heavy atom. The number of carbonyl (C=O) groups is 3. The number of hydrogen-bond acceptors (Lipinski definition) is 5. The Kier molecular flexibility index (Phi) is 7.23. The summed E-state index contributed by atoms with van der Waals surface area (Å²) in [4.78, 5) is 43.5. The summed E-state index contributed by atoms with van der Waals surface area (Å²) in [5.74, 6) is 0.516. The third-order valence-corrected chi connectivity index (χ3v) is 6.99. The lowest BCUT2D eigenvalue weighted by Gasteiger charge is -2.40. The highest BCUT2D eigenvalue weighted by Gasteiger charge is 2.35. The Morgan fingerprint density at radius 2 is 1.91 bits per heavy atom. The number of nitrogens with one attached hydrogen (secondary N) is 3. The number of benzene rings is 1. The van der Waals surface area contributed by atoms with Crippen molar-refractivity contribution in [2.75, 3.05) is 17.7 Å². The van der Waals surface area contributed by atoms with Crippen LogP contribution in [-0.4, -0.2) is 40.9 Å². The van der Waals surface area contributed by atoms with Crippen molar-refractivity contribution in [1.29, 1.82) is 0 Å². The molecule has 2 heterocycles. The molecule has 186 valence electrons. The number of nitrogens with zero attached hydrogens (tertiary/aromatic N) is 2. The van der Waals surface area contributed by atoms with Gasteiger partial charge in [0.15, 0.2) is 0 Å². The first-order valence-electron chi connectivity index (χ1n) is 12.0. The fraction of sp³-hybridized carbons (Fsp3) is 0.462. The van der Waals surface area contributed by atoms with Crippen LogP contribution in [0.2, 0.25) is 0 Å². The normalized spacial score (nSPS) is 19.4. The molecule has 2 aliphatic rings. The minimum absolute atomic E-state index is 0.00679. The number of anilines is 2. The second kappa shape index (κ2) is 10.3. The fourth-order valence-electron chi connectivity index (χ4n) is 4.89. The van der Waals surface area contributed by atoms with Gasteiger partial charge in [-0.25, -0.2) is 4.79 Å². The highest BCUT2D eigenvalue weighted by molar-refractivity contribution is 5.94. The Labute approximate surface area is 205 Å². The molecule has 35 heavy (non-hydrogen) atoms. The van der Waals surface area contributed by atoms with Gasteiger partial charge in [-0.2, -0.15) is 0 Å². The number of aromatic nitrogens is 1. The van der Waals surface area contributed by atoms with Gasteiger partial charge in [-0.3, -0.25) is 14.6 Å². The van der Waals surface area contributed by atoms with Gasteiger partial charge in [0.05, 0.1) is 31.6 Å². The number of pyridine rings is 1. The van der Waals surface area contributed by atoms with Crippen molar-refractivity contribution in [3.63, 3.8) is 0 Å². The summed E-state index contributed by atoms with van der Waals surface area (Å²) in [6.07, 6.45) is 4.76. The van der Waals surface area contributed by atoms with Crippen molar-refractivity contribution in [3.8, 4) is 5.75 Å². The molecule has 0 unspecified atom stereocenters. The zero-order valence-electron chi connectivity index (χ0n) is 20.7. The van der Waals surface area contributed by atoms with E-state index in [9.17, 15) is 14.4 Å². The Morgan fingerprint density at radius 1 is 1.17 bits per heavy atom. The maximum absolute atomic E-state index is 13.0. The Bertz CT molecular complexity index is 1140. The molecule has 1 aromatic carbocycles. The van der Waals surface area contributed by atoms with Crippen LogP contribution in [0, 0.1) is 19.8 Å². The van der Waals surface area contributed by atoms with Crippen LogP contribution >= 0.6 is 0 Å². The quantitative estimate of drug-likeness (QED) is 0.582. The lowest BCUT2D eigenvalue weighted by molar-refractivity contribution is -0.121. The van der Waals surface area contributed by atoms with Crippen molar-refractivity contribution in [2.45, 2.75) is 65.6 Å². The monoisotopic (exact) mass is 479 g/mol. The van der Waals surface area contributed by atoms with Crippen molar-refractivity contribution < 1.29 is 19.1 Å². The van der Waals surface area contributed by atoms with Gasteiger partial charge in [-0.1, -0.05) is 6.07 Å². The first-order chi connectivity index (χ1) is 16.8. The van der Waals surface area contributed by atoms with E-state index in [0.29, 0.717) is 17.9 Å². The molecule has 4 amide bonds. The molecule has 1 aliphatic heterocycles. The number of amides is 4. The molecule has 1 aliphatic carbocycles. The van der Waals surface area contributed by atoms with Crippen LogP contribution < -0.4 is 20.7 Å². The maximum atomic E-state index is 13.0. The highest BCUT2D eigenvalue weighted by atomic mass is 16.5. The maximum Gasteiger partial charge on any atom is 0.322 e. The van der Waals surface area contributed by atoms with E-state index in [1.807, 2.05) is 36.9 Å². The van der Waals surface area contributed by atoms with Crippen molar-refractivity contribution in [2.24, 2.45) is 5.92 Å². The second-order valence-corrected chi connectivity index (χ2v) is 9.39. The van der Waals surface area contributed by atoms with Gasteiger partial charge in [0, 0.05) is 42.4 Å². The van der Waals surface area contributed by atoms with E-state index in [0.717, 1.165) is 53.8 Å². The van der Waals surface area contributed by atoms with Crippen LogP contribution in [0.25, 0.3) is 0 Å². The summed E-state index contributed by atoms with van der Waals surface area (Å²) >= 11 is 0. The van der Waals surface area contributed by atoms with Crippen molar-refractivity contribution in [1.82, 2.24) is 15.2 Å². The third-order valence-electron chi connectivity index (χ3n) is 6.99. The lowest BCUT2D eigenvalue weighted by atomic mass is 9.84. The number of rotatable bonds is 6. The average Bonchev–Trinajstić information content (AvgIpc) is 2.84. The smallest absolute Gasteiger partial charge is 0.322 e. The van der Waals surface area contributed by atoms with E-state index < -0.39 is 0 Å². The first kappa shape index (κ1) is 24.5. The van der Waals surface area contributed by atoms with E-state index in [2.05, 4.69) is 20.9 Å². The average molecular weight is 480 g/mol. The molecule has 0 saturated heterocycles. The Balaban J connectivity index is 1.38. The number of methoxy groups -OCH3 is 1. The summed E-state index contributed by atoms with van der Waals surface area (Å²) in [5, 5.41) is 8.77. The topological polar surface area (TPSA) is 113 Å². The molecule has 0 bridgehead atoms. The second-order valence-electron chi connectivity index (χ2n) is 9.39. The van der Waals surface area contributed by atoms with E-state index in [-0.39, 0.29) is 36.3 Å². The predicted molar refractivity (Wildman–Crippen MR) is 133 cm³/mol. The van der Waals surface area contributed by atoms with E-state index >= 15 is 0 Å². The zero-order chi connectivity index (χ0) is 25.1. The number of fused-ring (bicyclic) bond motifs is 1. The molecular weight excluding hydrogens is 446 g/mol. The standard InChI is InChI=1S/C26H33N5O4/c1-15-5-8-19(11-23(15)35-4)29-25(33)18-6-9-20(10-7-18)31-14-21-16(2)12-28-22(13-27-17(3)32)24(21)30-26(31)34/h5,8,11-12,18,20H,6-7,9-10,13-14H2,1-4H3,(H,27,32)(H,29,33)(H,30,34). The van der Waals surface area contributed by atoms with Crippen LogP contribution in [0.15, 0.2) is 24.4 Å². The number of urea groups is 1. The van der Waals surface area contributed by atoms with Gasteiger partial charge in [0.25, 0.3) is 0 Å². The molecule has 0 radical (unpaired) electrons. The predicted octanol–water partition coefficient (Wildman–Crippen LogP) is 3.89. The fourth-order valence-corrected chi connectivity index (χ4v) is 4.89. The van der Waals surface area contributed by atoms with Crippen LogP contribution in [0.4, 0.5) is 16.2 Å². The summed E-state index contributed by atoms with van der Waals surface area (Å²) in [5.41, 5.74) is 5.11. The number of ether oxygens (including phenoxy) is 1. The minimum atomic E-state index is -0.159. The summed E-state index contributed by atoms with van der Waals surface area (Å²) in [6.45, 7) is 6.15. The minimum Gasteiger partial charge on any atom is -0.496 e. The SMILES string of the molecule is COc1cc(NC(=O)C2CCC(N3Cc4c(C)cnc(CNC(C)=O)c4NC3=O)CC2)ccc1C.